The maximum Gasteiger partial charge on any atom is 0.460 e. The molecule has 150 valence electrons. The van der Waals surface area contributed by atoms with Crippen molar-refractivity contribution in [2.24, 2.45) is 0 Å². The van der Waals surface area contributed by atoms with Gasteiger partial charge in [0.05, 0.1) is 12.7 Å². The van der Waals surface area contributed by atoms with E-state index in [9.17, 15) is 57.1 Å². The van der Waals surface area contributed by atoms with Crippen molar-refractivity contribution in [1.82, 2.24) is 0 Å². The third-order valence-corrected chi connectivity index (χ3v) is 2.68. The van der Waals surface area contributed by atoms with Gasteiger partial charge in [-0.25, -0.2) is 0 Å². The van der Waals surface area contributed by atoms with Crippen molar-refractivity contribution in [3.8, 4) is 0 Å². The average molecular weight is 406 g/mol. The van der Waals surface area contributed by atoms with E-state index in [2.05, 4.69) is 11.3 Å². The first-order valence-corrected chi connectivity index (χ1v) is 5.61. The lowest BCUT2D eigenvalue weighted by Gasteiger charge is -2.40. The topological polar surface area (TPSA) is 29.5 Å². The van der Waals surface area contributed by atoms with E-state index in [-0.39, 0.29) is 6.26 Å². The number of hydrogen-bond acceptors (Lipinski definition) is 2. The molecule has 0 saturated carbocycles. The van der Waals surface area contributed by atoms with E-state index in [0.717, 1.165) is 0 Å². The zero-order chi connectivity index (χ0) is 20.7. The number of rotatable bonds is 8. The molecule has 0 aliphatic rings. The molecule has 1 unspecified atom stereocenters. The number of alkyl halides is 13. The first-order valence-electron chi connectivity index (χ1n) is 5.61. The Morgan fingerprint density at radius 3 is 1.40 bits per heavy atom. The summed E-state index contributed by atoms with van der Waals surface area (Å²) in [5.74, 6) is -37.4. The lowest BCUT2D eigenvalue weighted by Crippen LogP contribution is -2.70. The van der Waals surface area contributed by atoms with Crippen LogP contribution < -0.4 is 0 Å². The van der Waals surface area contributed by atoms with E-state index in [1.165, 1.54) is 0 Å². The van der Waals surface area contributed by atoms with Crippen molar-refractivity contribution < 1.29 is 66.9 Å². The van der Waals surface area contributed by atoms with Crippen LogP contribution in [0.5, 0.6) is 0 Å². The van der Waals surface area contributed by atoms with Gasteiger partial charge in [-0.15, -0.1) is 0 Å². The van der Waals surface area contributed by atoms with E-state index < -0.39 is 48.5 Å². The van der Waals surface area contributed by atoms with Crippen LogP contribution in [0.1, 0.15) is 6.42 Å². The minimum absolute atomic E-state index is 0.142. The molecule has 2 nitrogen and oxygen atoms in total. The van der Waals surface area contributed by atoms with E-state index in [4.69, 9.17) is 5.11 Å². The van der Waals surface area contributed by atoms with E-state index in [1.807, 2.05) is 0 Å². The number of halogens is 13. The summed E-state index contributed by atoms with van der Waals surface area (Å²) in [4.78, 5) is 0. The molecule has 0 aromatic rings. The van der Waals surface area contributed by atoms with E-state index in [0.29, 0.717) is 0 Å². The standard InChI is InChI=1S/C10H7F13O2/c1-2-25-4(24)3-5(11,12)6(13,14)7(15,16)8(17,18)9(19,20)10(21,22)23/h2,4,24H,1,3H2. The molecule has 1 atom stereocenters. The van der Waals surface area contributed by atoms with Crippen molar-refractivity contribution in [3.05, 3.63) is 12.8 Å². The van der Waals surface area contributed by atoms with Gasteiger partial charge in [-0.3, -0.25) is 0 Å². The summed E-state index contributed by atoms with van der Waals surface area (Å²) in [5.41, 5.74) is 0. The Balaban J connectivity index is 6.07. The van der Waals surface area contributed by atoms with Gasteiger partial charge < -0.3 is 9.84 Å². The summed E-state index contributed by atoms with van der Waals surface area (Å²) in [5, 5.41) is 8.64. The minimum Gasteiger partial charge on any atom is -0.473 e. The first-order chi connectivity index (χ1) is 10.7. The van der Waals surface area contributed by atoms with Crippen molar-refractivity contribution in [1.29, 1.82) is 0 Å². The molecule has 0 spiro atoms. The molecular weight excluding hydrogens is 399 g/mol. The molecule has 0 aliphatic heterocycles. The van der Waals surface area contributed by atoms with Gasteiger partial charge in [0.25, 0.3) is 0 Å². The number of aliphatic hydroxyl groups is 1. The lowest BCUT2D eigenvalue weighted by molar-refractivity contribution is -0.441. The number of hydrogen-bond donors (Lipinski definition) is 1. The molecule has 0 amide bonds. The third-order valence-electron chi connectivity index (χ3n) is 2.68. The maximum absolute atomic E-state index is 13.1. The smallest absolute Gasteiger partial charge is 0.460 e. The van der Waals surface area contributed by atoms with Crippen LogP contribution in [0.25, 0.3) is 0 Å². The SMILES string of the molecule is C=COC(O)CC(F)(F)C(F)(F)C(F)(F)C(F)(F)C(F)(F)C(F)(F)F. The molecule has 0 aromatic carbocycles. The second-order valence-electron chi connectivity index (χ2n) is 4.46. The third kappa shape index (κ3) is 3.60. The fourth-order valence-electron chi connectivity index (χ4n) is 1.31. The molecule has 0 aliphatic carbocycles. The normalized spacial score (nSPS) is 16.6. The van der Waals surface area contributed by atoms with Crippen molar-refractivity contribution in [3.63, 3.8) is 0 Å². The van der Waals surface area contributed by atoms with Crippen LogP contribution >= 0.6 is 0 Å². The van der Waals surface area contributed by atoms with E-state index >= 15 is 0 Å². The van der Waals surface area contributed by atoms with Crippen LogP contribution in [0.2, 0.25) is 0 Å². The summed E-state index contributed by atoms with van der Waals surface area (Å²) >= 11 is 0. The summed E-state index contributed by atoms with van der Waals surface area (Å²) in [6.45, 7) is 2.63. The second-order valence-corrected chi connectivity index (χ2v) is 4.46. The molecule has 0 saturated heterocycles. The first kappa shape index (κ1) is 23.6. The highest BCUT2D eigenvalue weighted by molar-refractivity contribution is 5.10. The highest BCUT2D eigenvalue weighted by Gasteiger charge is 2.90. The largest absolute Gasteiger partial charge is 0.473 e. The Hall–Kier alpha value is -1.41. The molecule has 0 bridgehead atoms. The van der Waals surface area contributed by atoms with Crippen molar-refractivity contribution in [2.75, 3.05) is 0 Å². The van der Waals surface area contributed by atoms with Gasteiger partial charge in [-0.1, -0.05) is 6.58 Å². The molecule has 0 radical (unpaired) electrons. The maximum atomic E-state index is 13.1. The quantitative estimate of drug-likeness (QED) is 0.363. The Morgan fingerprint density at radius 1 is 0.720 bits per heavy atom. The molecule has 0 heterocycles. The Bertz CT molecular complexity index is 482. The second kappa shape index (κ2) is 6.39. The zero-order valence-electron chi connectivity index (χ0n) is 11.3. The van der Waals surface area contributed by atoms with Crippen LogP contribution in [0.4, 0.5) is 57.1 Å². The van der Waals surface area contributed by atoms with Gasteiger partial charge in [0, 0.05) is 0 Å². The summed E-state index contributed by atoms with van der Waals surface area (Å²) in [6, 6.07) is 0. The van der Waals surface area contributed by atoms with Crippen LogP contribution in [-0.4, -0.2) is 47.2 Å². The fraction of sp³-hybridized carbons (Fsp3) is 0.800. The Morgan fingerprint density at radius 2 is 1.08 bits per heavy atom. The van der Waals surface area contributed by atoms with Crippen molar-refractivity contribution >= 4 is 0 Å². The van der Waals surface area contributed by atoms with Crippen LogP contribution in [0, 0.1) is 0 Å². The fourth-order valence-corrected chi connectivity index (χ4v) is 1.31. The van der Waals surface area contributed by atoms with E-state index in [1.54, 1.807) is 0 Å². The van der Waals surface area contributed by atoms with Crippen LogP contribution in [-0.2, 0) is 4.74 Å². The predicted octanol–water partition coefficient (Wildman–Crippen LogP) is 4.59. The zero-order valence-corrected chi connectivity index (χ0v) is 11.3. The van der Waals surface area contributed by atoms with Crippen LogP contribution in [0.3, 0.4) is 0 Å². The Labute approximate surface area is 129 Å². The van der Waals surface area contributed by atoms with Gasteiger partial charge in [0.2, 0.25) is 6.29 Å². The van der Waals surface area contributed by atoms with Gasteiger partial charge in [-0.2, -0.15) is 57.1 Å². The van der Waals surface area contributed by atoms with Crippen LogP contribution in [0.15, 0.2) is 12.8 Å². The average Bonchev–Trinajstić information content (AvgIpc) is 2.35. The summed E-state index contributed by atoms with van der Waals surface area (Å²) < 4.78 is 168. The highest BCUT2D eigenvalue weighted by atomic mass is 19.4. The van der Waals surface area contributed by atoms with Gasteiger partial charge in [0.15, 0.2) is 0 Å². The number of ether oxygens (including phenoxy) is 1. The lowest BCUT2D eigenvalue weighted by atomic mass is 9.92. The predicted molar refractivity (Wildman–Crippen MR) is 52.7 cm³/mol. The minimum atomic E-state index is -7.96. The molecule has 0 aromatic heterocycles. The summed E-state index contributed by atoms with van der Waals surface area (Å²) in [7, 11) is 0. The van der Waals surface area contributed by atoms with Crippen molar-refractivity contribution in [2.45, 2.75) is 48.5 Å². The van der Waals surface area contributed by atoms with Gasteiger partial charge >= 0.3 is 35.8 Å². The monoisotopic (exact) mass is 406 g/mol. The molecule has 1 N–H and O–H groups in total. The summed E-state index contributed by atoms with van der Waals surface area (Å²) in [6.07, 6.45) is -13.2. The molecule has 0 rings (SSSR count). The highest BCUT2D eigenvalue weighted by Crippen LogP contribution is 2.60. The van der Waals surface area contributed by atoms with Gasteiger partial charge in [-0.05, 0) is 0 Å². The molecule has 15 heteroatoms. The Kier molecular flexibility index (Phi) is 6.03. The molecule has 25 heavy (non-hydrogen) atoms. The molecule has 0 fully saturated rings. The van der Waals surface area contributed by atoms with Gasteiger partial charge in [0.1, 0.15) is 0 Å². The number of aliphatic hydroxyl groups excluding tert-OH is 1. The molecular formula is C10H7F13O2.